The van der Waals surface area contributed by atoms with Gasteiger partial charge in [-0.15, -0.1) is 11.3 Å². The maximum absolute atomic E-state index is 6.10. The van der Waals surface area contributed by atoms with E-state index in [0.29, 0.717) is 6.04 Å². The van der Waals surface area contributed by atoms with Gasteiger partial charge in [0.05, 0.1) is 10.7 Å². The number of fused-ring (bicyclic) bond motifs is 2. The summed E-state index contributed by atoms with van der Waals surface area (Å²) in [5.74, 6) is 0. The normalized spacial score (nSPS) is 33.2. The molecule has 0 spiro atoms. The maximum Gasteiger partial charge on any atom is 0.0926 e. The third-order valence-corrected chi connectivity index (χ3v) is 5.21. The molecule has 2 fully saturated rings. The summed E-state index contributed by atoms with van der Waals surface area (Å²) in [5, 5.41) is 3.49. The molecule has 3 heterocycles. The van der Waals surface area contributed by atoms with Crippen molar-refractivity contribution in [3.63, 3.8) is 0 Å². The Kier molecular flexibility index (Phi) is 3.19. The Morgan fingerprint density at radius 2 is 2.12 bits per heavy atom. The van der Waals surface area contributed by atoms with E-state index in [1.807, 2.05) is 0 Å². The Labute approximate surface area is 107 Å². The molecule has 2 N–H and O–H groups in total. The summed E-state index contributed by atoms with van der Waals surface area (Å²) in [6.45, 7) is 3.21. The number of hydrogen-bond acceptors (Lipinski definition) is 4. The fourth-order valence-electron chi connectivity index (χ4n) is 3.35. The van der Waals surface area contributed by atoms with Crippen LogP contribution < -0.4 is 5.73 Å². The van der Waals surface area contributed by atoms with E-state index in [2.05, 4.69) is 22.2 Å². The Bertz CT molecular complexity index is 376. The summed E-state index contributed by atoms with van der Waals surface area (Å²) in [5.41, 5.74) is 7.36. The highest BCUT2D eigenvalue weighted by Gasteiger charge is 2.39. The van der Waals surface area contributed by atoms with E-state index in [0.717, 1.165) is 25.0 Å². The topological polar surface area (TPSA) is 42.2 Å². The van der Waals surface area contributed by atoms with Crippen LogP contribution in [0, 0.1) is 0 Å². The van der Waals surface area contributed by atoms with Crippen LogP contribution in [0.15, 0.2) is 5.38 Å². The number of nitrogens with zero attached hydrogens (tertiary/aromatic N) is 2. The lowest BCUT2D eigenvalue weighted by atomic mass is 9.98. The largest absolute Gasteiger partial charge is 0.328 e. The number of piperidine rings is 1. The van der Waals surface area contributed by atoms with Gasteiger partial charge in [-0.1, -0.05) is 6.92 Å². The minimum absolute atomic E-state index is 0.436. The first kappa shape index (κ1) is 11.6. The third kappa shape index (κ3) is 2.26. The molecule has 2 bridgehead atoms. The minimum atomic E-state index is 0.436. The molecule has 94 valence electrons. The average Bonchev–Trinajstić information content (AvgIpc) is 2.85. The Balaban J connectivity index is 1.69. The van der Waals surface area contributed by atoms with Crippen LogP contribution in [0.25, 0.3) is 0 Å². The molecule has 17 heavy (non-hydrogen) atoms. The summed E-state index contributed by atoms with van der Waals surface area (Å²) in [6, 6.07) is 1.87. The SMILES string of the molecule is CCc1nc(CN2C3CCC2CC(N)C3)cs1. The predicted octanol–water partition coefficient (Wildman–Crippen LogP) is 2.16. The molecular formula is C13H21N3S. The standard InChI is InChI=1S/C13H21N3S/c1-2-13-15-10(8-17-13)7-16-11-3-4-12(16)6-9(14)5-11/h8-9,11-12H,2-7,14H2,1H3. The van der Waals surface area contributed by atoms with Gasteiger partial charge in [-0.25, -0.2) is 4.98 Å². The number of thiazole rings is 1. The first-order valence-corrected chi connectivity index (χ1v) is 7.59. The molecule has 1 aromatic heterocycles. The van der Waals surface area contributed by atoms with Crippen molar-refractivity contribution >= 4 is 11.3 Å². The van der Waals surface area contributed by atoms with Crippen molar-refractivity contribution in [3.05, 3.63) is 16.1 Å². The quantitative estimate of drug-likeness (QED) is 0.895. The molecule has 2 saturated heterocycles. The van der Waals surface area contributed by atoms with Gasteiger partial charge in [0.15, 0.2) is 0 Å². The van der Waals surface area contributed by atoms with E-state index >= 15 is 0 Å². The van der Waals surface area contributed by atoms with Crippen LogP contribution in [0.4, 0.5) is 0 Å². The highest BCUT2D eigenvalue weighted by molar-refractivity contribution is 7.09. The number of aromatic nitrogens is 1. The van der Waals surface area contributed by atoms with Crippen LogP contribution in [-0.4, -0.2) is 28.0 Å². The van der Waals surface area contributed by atoms with Gasteiger partial charge in [0.25, 0.3) is 0 Å². The van der Waals surface area contributed by atoms with Gasteiger partial charge in [0, 0.05) is 30.1 Å². The molecule has 4 heteroatoms. The van der Waals surface area contributed by atoms with E-state index in [1.165, 1.54) is 36.4 Å². The van der Waals surface area contributed by atoms with Gasteiger partial charge in [-0.3, -0.25) is 4.90 Å². The molecule has 2 unspecified atom stereocenters. The van der Waals surface area contributed by atoms with Crippen LogP contribution in [0.1, 0.15) is 43.3 Å². The second kappa shape index (κ2) is 4.67. The van der Waals surface area contributed by atoms with E-state index in [4.69, 9.17) is 5.73 Å². The van der Waals surface area contributed by atoms with Crippen LogP contribution in [0.5, 0.6) is 0 Å². The van der Waals surface area contributed by atoms with Crippen molar-refractivity contribution in [2.24, 2.45) is 5.73 Å². The van der Waals surface area contributed by atoms with Crippen molar-refractivity contribution in [3.8, 4) is 0 Å². The van der Waals surface area contributed by atoms with Crippen molar-refractivity contribution in [1.29, 1.82) is 0 Å². The summed E-state index contributed by atoms with van der Waals surface area (Å²) in [7, 11) is 0. The van der Waals surface area contributed by atoms with Crippen molar-refractivity contribution in [2.45, 2.75) is 63.7 Å². The van der Waals surface area contributed by atoms with Gasteiger partial charge in [0.1, 0.15) is 0 Å². The van der Waals surface area contributed by atoms with Crippen LogP contribution >= 0.6 is 11.3 Å². The molecule has 0 radical (unpaired) electrons. The summed E-state index contributed by atoms with van der Waals surface area (Å²) < 4.78 is 0. The van der Waals surface area contributed by atoms with Crippen LogP contribution in [0.2, 0.25) is 0 Å². The number of rotatable bonds is 3. The lowest BCUT2D eigenvalue weighted by Gasteiger charge is -2.37. The molecule has 0 amide bonds. The van der Waals surface area contributed by atoms with Crippen molar-refractivity contribution < 1.29 is 0 Å². The highest BCUT2D eigenvalue weighted by atomic mass is 32.1. The number of nitrogens with two attached hydrogens (primary N) is 1. The minimum Gasteiger partial charge on any atom is -0.328 e. The highest BCUT2D eigenvalue weighted by Crippen LogP contribution is 2.36. The zero-order valence-corrected chi connectivity index (χ0v) is 11.2. The zero-order valence-electron chi connectivity index (χ0n) is 10.4. The van der Waals surface area contributed by atoms with E-state index in [1.54, 1.807) is 11.3 Å². The molecule has 0 aliphatic carbocycles. The van der Waals surface area contributed by atoms with Crippen LogP contribution in [-0.2, 0) is 13.0 Å². The Morgan fingerprint density at radius 3 is 2.71 bits per heavy atom. The zero-order chi connectivity index (χ0) is 11.8. The fourth-order valence-corrected chi connectivity index (χ4v) is 4.08. The van der Waals surface area contributed by atoms with Crippen molar-refractivity contribution in [1.82, 2.24) is 9.88 Å². The van der Waals surface area contributed by atoms with Gasteiger partial charge in [0.2, 0.25) is 0 Å². The summed E-state index contributed by atoms with van der Waals surface area (Å²) >= 11 is 1.80. The van der Waals surface area contributed by atoms with Gasteiger partial charge >= 0.3 is 0 Å². The number of aryl methyl sites for hydroxylation is 1. The second-order valence-corrected chi connectivity index (χ2v) is 6.32. The summed E-state index contributed by atoms with van der Waals surface area (Å²) in [6.07, 6.45) is 6.09. The summed E-state index contributed by atoms with van der Waals surface area (Å²) in [4.78, 5) is 7.33. The molecular weight excluding hydrogens is 230 g/mol. The molecule has 3 nitrogen and oxygen atoms in total. The molecule has 0 saturated carbocycles. The lowest BCUT2D eigenvalue weighted by molar-refractivity contribution is 0.118. The molecule has 3 rings (SSSR count). The van der Waals surface area contributed by atoms with E-state index in [9.17, 15) is 0 Å². The average molecular weight is 251 g/mol. The lowest BCUT2D eigenvalue weighted by Crippen LogP contribution is -2.46. The molecule has 2 atom stereocenters. The fraction of sp³-hybridized carbons (Fsp3) is 0.769. The molecule has 2 aliphatic heterocycles. The molecule has 0 aromatic carbocycles. The second-order valence-electron chi connectivity index (χ2n) is 5.37. The Hall–Kier alpha value is -0.450. The van der Waals surface area contributed by atoms with Crippen LogP contribution in [0.3, 0.4) is 0 Å². The number of hydrogen-bond donors (Lipinski definition) is 1. The third-order valence-electron chi connectivity index (χ3n) is 4.17. The molecule has 1 aromatic rings. The van der Waals surface area contributed by atoms with E-state index < -0.39 is 0 Å². The van der Waals surface area contributed by atoms with Gasteiger partial charge in [-0.2, -0.15) is 0 Å². The molecule has 2 aliphatic rings. The first-order chi connectivity index (χ1) is 8.26. The predicted molar refractivity (Wildman–Crippen MR) is 71.1 cm³/mol. The van der Waals surface area contributed by atoms with E-state index in [-0.39, 0.29) is 0 Å². The van der Waals surface area contributed by atoms with Gasteiger partial charge in [-0.05, 0) is 32.1 Å². The Morgan fingerprint density at radius 1 is 1.41 bits per heavy atom. The monoisotopic (exact) mass is 251 g/mol. The first-order valence-electron chi connectivity index (χ1n) is 6.71. The maximum atomic E-state index is 6.10. The smallest absolute Gasteiger partial charge is 0.0926 e. The van der Waals surface area contributed by atoms with Gasteiger partial charge < -0.3 is 5.73 Å². The van der Waals surface area contributed by atoms with Crippen molar-refractivity contribution in [2.75, 3.05) is 0 Å².